The second-order valence-electron chi connectivity index (χ2n) is 6.52. The Bertz CT molecular complexity index is 1010. The molecule has 3 rings (SSSR count). The number of hydrogen-bond donors (Lipinski definition) is 1. The van der Waals surface area contributed by atoms with Crippen molar-refractivity contribution in [3.8, 4) is 22.8 Å². The molecule has 0 aliphatic rings. The van der Waals surface area contributed by atoms with Gasteiger partial charge in [0.2, 0.25) is 5.91 Å². The maximum Gasteiger partial charge on any atom is 0.268 e. The van der Waals surface area contributed by atoms with Gasteiger partial charge in [0.1, 0.15) is 11.7 Å². The van der Waals surface area contributed by atoms with E-state index in [2.05, 4.69) is 15.6 Å². The van der Waals surface area contributed by atoms with Crippen molar-refractivity contribution in [2.75, 3.05) is 19.8 Å². The maximum absolute atomic E-state index is 12.7. The number of carbonyl (C=O) groups excluding carboxylic acids is 1. The summed E-state index contributed by atoms with van der Waals surface area (Å²) < 4.78 is 17.2. The molecule has 0 saturated carbocycles. The molecule has 0 aliphatic heterocycles. The zero-order chi connectivity index (χ0) is 20.8. The Morgan fingerprint density at radius 3 is 2.83 bits per heavy atom. The number of amides is 1. The molecule has 0 radical (unpaired) electrons. The fourth-order valence-electron chi connectivity index (χ4n) is 2.81. The van der Waals surface area contributed by atoms with Gasteiger partial charge in [-0.05, 0) is 39.3 Å². The van der Waals surface area contributed by atoms with Gasteiger partial charge in [-0.1, -0.05) is 5.16 Å². The fraction of sp³-hybridized carbons (Fsp3) is 0.400. The van der Waals surface area contributed by atoms with Crippen molar-refractivity contribution in [3.63, 3.8) is 0 Å². The van der Waals surface area contributed by atoms with E-state index < -0.39 is 11.6 Å². The van der Waals surface area contributed by atoms with E-state index in [0.717, 1.165) is 4.68 Å². The monoisotopic (exact) mass is 400 g/mol. The standard InChI is InChI=1S/C20H24N4O5/c1-4-27-9-6-8-21-20(26)14(3)24-18(25)12-15(17-11-13(2)23-29-17)19(22-24)16-7-5-10-28-16/h5,7,10-12,14H,4,6,8-9H2,1-3H3,(H,21,26). The third-order valence-corrected chi connectivity index (χ3v) is 4.32. The second-order valence-corrected chi connectivity index (χ2v) is 6.52. The van der Waals surface area contributed by atoms with Crippen molar-refractivity contribution in [2.45, 2.75) is 33.2 Å². The Morgan fingerprint density at radius 1 is 1.34 bits per heavy atom. The molecule has 0 saturated heterocycles. The van der Waals surface area contributed by atoms with Gasteiger partial charge in [0.15, 0.2) is 11.5 Å². The Balaban J connectivity index is 1.89. The lowest BCUT2D eigenvalue weighted by molar-refractivity contribution is -0.124. The van der Waals surface area contributed by atoms with Crippen LogP contribution in [0.3, 0.4) is 0 Å². The third-order valence-electron chi connectivity index (χ3n) is 4.32. The van der Waals surface area contributed by atoms with Gasteiger partial charge in [-0.3, -0.25) is 9.59 Å². The van der Waals surface area contributed by atoms with Gasteiger partial charge in [-0.15, -0.1) is 0 Å². The van der Waals surface area contributed by atoms with E-state index in [0.29, 0.717) is 54.7 Å². The minimum Gasteiger partial charge on any atom is -0.463 e. The largest absolute Gasteiger partial charge is 0.463 e. The summed E-state index contributed by atoms with van der Waals surface area (Å²) in [7, 11) is 0. The van der Waals surface area contributed by atoms with Crippen LogP contribution in [-0.4, -0.2) is 40.6 Å². The van der Waals surface area contributed by atoms with E-state index in [9.17, 15) is 9.59 Å². The Hall–Kier alpha value is -3.20. The predicted octanol–water partition coefficient (Wildman–Crippen LogP) is 2.57. The molecular formula is C20H24N4O5. The highest BCUT2D eigenvalue weighted by Gasteiger charge is 2.23. The van der Waals surface area contributed by atoms with Crippen LogP contribution in [0.15, 0.2) is 44.3 Å². The Labute approximate surface area is 167 Å². The third kappa shape index (κ3) is 4.80. The molecule has 0 spiro atoms. The predicted molar refractivity (Wildman–Crippen MR) is 105 cm³/mol. The van der Waals surface area contributed by atoms with Crippen molar-refractivity contribution in [1.29, 1.82) is 0 Å². The molecule has 1 atom stereocenters. The lowest BCUT2D eigenvalue weighted by Crippen LogP contribution is -2.37. The molecule has 0 fully saturated rings. The van der Waals surface area contributed by atoms with E-state index in [1.807, 2.05) is 6.92 Å². The molecule has 1 N–H and O–H groups in total. The van der Waals surface area contributed by atoms with Crippen LogP contribution < -0.4 is 10.9 Å². The van der Waals surface area contributed by atoms with Crippen molar-refractivity contribution < 1.29 is 18.5 Å². The summed E-state index contributed by atoms with van der Waals surface area (Å²) in [6.45, 7) is 6.98. The van der Waals surface area contributed by atoms with E-state index in [-0.39, 0.29) is 5.91 Å². The summed E-state index contributed by atoms with van der Waals surface area (Å²) >= 11 is 0. The van der Waals surface area contributed by atoms with Crippen LogP contribution in [-0.2, 0) is 9.53 Å². The molecule has 3 aromatic heterocycles. The van der Waals surface area contributed by atoms with Crippen LogP contribution in [0.25, 0.3) is 22.8 Å². The molecule has 154 valence electrons. The van der Waals surface area contributed by atoms with Crippen molar-refractivity contribution in [3.05, 3.63) is 46.6 Å². The number of aromatic nitrogens is 3. The summed E-state index contributed by atoms with van der Waals surface area (Å²) in [6, 6.07) is 5.73. The van der Waals surface area contributed by atoms with E-state index in [4.69, 9.17) is 13.7 Å². The summed E-state index contributed by atoms with van der Waals surface area (Å²) in [4.78, 5) is 25.2. The first-order chi connectivity index (χ1) is 14.0. The average Bonchev–Trinajstić information content (AvgIpc) is 3.39. The van der Waals surface area contributed by atoms with Crippen LogP contribution in [0.4, 0.5) is 0 Å². The molecule has 0 bridgehead atoms. The van der Waals surface area contributed by atoms with Crippen LogP contribution in [0.5, 0.6) is 0 Å². The smallest absolute Gasteiger partial charge is 0.268 e. The van der Waals surface area contributed by atoms with Gasteiger partial charge in [-0.25, -0.2) is 4.68 Å². The minimum absolute atomic E-state index is 0.301. The molecule has 3 aromatic rings. The van der Waals surface area contributed by atoms with Crippen LogP contribution >= 0.6 is 0 Å². The summed E-state index contributed by atoms with van der Waals surface area (Å²) in [5, 5.41) is 11.1. The van der Waals surface area contributed by atoms with Gasteiger partial charge in [-0.2, -0.15) is 5.10 Å². The molecule has 9 heteroatoms. The van der Waals surface area contributed by atoms with Gasteiger partial charge < -0.3 is 19.0 Å². The first-order valence-electron chi connectivity index (χ1n) is 9.48. The molecule has 9 nitrogen and oxygen atoms in total. The summed E-state index contributed by atoms with van der Waals surface area (Å²) in [5.74, 6) is 0.551. The fourth-order valence-corrected chi connectivity index (χ4v) is 2.81. The number of furan rings is 1. The van der Waals surface area contributed by atoms with E-state index >= 15 is 0 Å². The first-order valence-corrected chi connectivity index (χ1v) is 9.48. The topological polar surface area (TPSA) is 112 Å². The second kappa shape index (κ2) is 9.33. The molecular weight excluding hydrogens is 376 g/mol. The van der Waals surface area contributed by atoms with Gasteiger partial charge in [0.25, 0.3) is 5.56 Å². The van der Waals surface area contributed by atoms with Crippen LogP contribution in [0.2, 0.25) is 0 Å². The number of aryl methyl sites for hydroxylation is 1. The SMILES string of the molecule is CCOCCCNC(=O)C(C)n1nc(-c2ccco2)c(-c2cc(C)no2)cc1=O. The zero-order valence-corrected chi connectivity index (χ0v) is 16.7. The zero-order valence-electron chi connectivity index (χ0n) is 16.7. The van der Waals surface area contributed by atoms with Gasteiger partial charge >= 0.3 is 0 Å². The van der Waals surface area contributed by atoms with Crippen LogP contribution in [0, 0.1) is 6.92 Å². The number of rotatable bonds is 9. The normalized spacial score (nSPS) is 12.1. The Morgan fingerprint density at radius 2 is 2.17 bits per heavy atom. The van der Waals surface area contributed by atoms with Gasteiger partial charge in [0, 0.05) is 31.9 Å². The number of nitrogens with zero attached hydrogens (tertiary/aromatic N) is 3. The average molecular weight is 400 g/mol. The quantitative estimate of drug-likeness (QED) is 0.549. The molecule has 29 heavy (non-hydrogen) atoms. The lowest BCUT2D eigenvalue weighted by Gasteiger charge is -2.16. The highest BCUT2D eigenvalue weighted by Crippen LogP contribution is 2.30. The molecule has 1 unspecified atom stereocenters. The highest BCUT2D eigenvalue weighted by atomic mass is 16.5. The summed E-state index contributed by atoms with van der Waals surface area (Å²) in [5.41, 5.74) is 1.09. The number of hydrogen-bond acceptors (Lipinski definition) is 7. The number of carbonyl (C=O) groups is 1. The lowest BCUT2D eigenvalue weighted by atomic mass is 10.1. The van der Waals surface area contributed by atoms with Crippen molar-refractivity contribution in [2.24, 2.45) is 0 Å². The first kappa shape index (κ1) is 20.5. The molecule has 0 aliphatic carbocycles. The molecule has 3 heterocycles. The van der Waals surface area contributed by atoms with E-state index in [1.165, 1.54) is 12.3 Å². The summed E-state index contributed by atoms with van der Waals surface area (Å²) in [6.07, 6.45) is 2.20. The maximum atomic E-state index is 12.7. The highest BCUT2D eigenvalue weighted by molar-refractivity contribution is 5.80. The minimum atomic E-state index is -0.797. The van der Waals surface area contributed by atoms with Crippen molar-refractivity contribution >= 4 is 5.91 Å². The van der Waals surface area contributed by atoms with Crippen LogP contribution in [0.1, 0.15) is 32.0 Å². The molecule has 0 aromatic carbocycles. The van der Waals surface area contributed by atoms with Gasteiger partial charge in [0.05, 0.1) is 17.5 Å². The van der Waals surface area contributed by atoms with Crippen molar-refractivity contribution in [1.82, 2.24) is 20.3 Å². The number of ether oxygens (including phenoxy) is 1. The number of nitrogens with one attached hydrogen (secondary N) is 1. The molecule has 1 amide bonds. The Kier molecular flexibility index (Phi) is 6.61. The van der Waals surface area contributed by atoms with E-state index in [1.54, 1.807) is 32.0 Å².